The average molecular weight is 278 g/mol. The van der Waals surface area contributed by atoms with Crippen LogP contribution in [0.1, 0.15) is 51.2 Å². The van der Waals surface area contributed by atoms with Crippen LogP contribution in [-0.2, 0) is 12.6 Å². The van der Waals surface area contributed by atoms with E-state index in [1.165, 1.54) is 12.1 Å². The second kappa shape index (κ2) is 12.0. The minimum absolute atomic E-state index is 0.545. The van der Waals surface area contributed by atoms with E-state index < -0.39 is 11.7 Å². The van der Waals surface area contributed by atoms with Gasteiger partial charge in [0.25, 0.3) is 0 Å². The summed E-state index contributed by atoms with van der Waals surface area (Å²) in [6, 6.07) is 5.59. The van der Waals surface area contributed by atoms with Gasteiger partial charge in [0, 0.05) is 7.11 Å². The second-order valence-corrected chi connectivity index (χ2v) is 3.66. The first kappa shape index (κ1) is 20.3. The molecule has 0 unspecified atom stereocenters. The molecule has 1 aromatic carbocycles. The van der Waals surface area contributed by atoms with E-state index in [-0.39, 0.29) is 0 Å². The topological polar surface area (TPSA) is 20.2 Å². The maximum Gasteiger partial charge on any atom is 0.416 e. The molecule has 0 aliphatic carbocycles. The van der Waals surface area contributed by atoms with Gasteiger partial charge in [-0.2, -0.15) is 13.2 Å². The van der Waals surface area contributed by atoms with Crippen molar-refractivity contribution in [2.45, 2.75) is 52.6 Å². The molecule has 112 valence electrons. The predicted molar refractivity (Wildman–Crippen MR) is 74.2 cm³/mol. The van der Waals surface area contributed by atoms with E-state index in [9.17, 15) is 13.2 Å². The zero-order valence-electron chi connectivity index (χ0n) is 12.2. The normalized spacial score (nSPS) is 9.89. The first-order chi connectivity index (χ1) is 9.04. The summed E-state index contributed by atoms with van der Waals surface area (Å²) in [5.41, 5.74) is 0.231. The fourth-order valence-corrected chi connectivity index (χ4v) is 1.48. The molecule has 1 rings (SSSR count). The molecule has 0 amide bonds. The highest BCUT2D eigenvalue weighted by Gasteiger charge is 2.30. The van der Waals surface area contributed by atoms with Gasteiger partial charge in [-0.1, -0.05) is 51.8 Å². The lowest BCUT2D eigenvalue weighted by Gasteiger charge is -2.08. The maximum absolute atomic E-state index is 12.4. The Morgan fingerprint density at radius 3 is 2.11 bits per heavy atom. The summed E-state index contributed by atoms with van der Waals surface area (Å²) in [4.78, 5) is 0. The van der Waals surface area contributed by atoms with Crippen LogP contribution in [0.4, 0.5) is 13.2 Å². The van der Waals surface area contributed by atoms with E-state index in [1.807, 2.05) is 13.8 Å². The first-order valence-electron chi connectivity index (χ1n) is 6.65. The van der Waals surface area contributed by atoms with Gasteiger partial charge in [-0.15, -0.1) is 0 Å². The Kier molecular flexibility index (Phi) is 12.8. The van der Waals surface area contributed by atoms with Crippen LogP contribution in [0.3, 0.4) is 0 Å². The Labute approximate surface area is 114 Å². The number of alkyl halides is 3. The van der Waals surface area contributed by atoms with Crippen LogP contribution in [0, 0.1) is 0 Å². The lowest BCUT2D eigenvalue weighted by Crippen LogP contribution is -2.05. The Balaban J connectivity index is 0. The number of hydrogen-bond acceptors (Lipinski definition) is 1. The van der Waals surface area contributed by atoms with Crippen molar-refractivity contribution in [2.75, 3.05) is 7.11 Å². The quantitative estimate of drug-likeness (QED) is 0.762. The number of benzene rings is 1. The van der Waals surface area contributed by atoms with E-state index in [0.29, 0.717) is 0 Å². The van der Waals surface area contributed by atoms with Gasteiger partial charge < -0.3 is 5.11 Å². The zero-order valence-corrected chi connectivity index (χ0v) is 12.2. The maximum atomic E-state index is 12.4. The highest BCUT2D eigenvalue weighted by molar-refractivity contribution is 5.25. The highest BCUT2D eigenvalue weighted by Crippen LogP contribution is 2.29. The van der Waals surface area contributed by atoms with Crippen molar-refractivity contribution >= 4 is 0 Å². The molecule has 19 heavy (non-hydrogen) atoms. The van der Waals surface area contributed by atoms with Gasteiger partial charge in [0.05, 0.1) is 5.56 Å². The summed E-state index contributed by atoms with van der Waals surface area (Å²) in [5, 5.41) is 7.00. The van der Waals surface area contributed by atoms with Gasteiger partial charge in [-0.25, -0.2) is 0 Å². The molecule has 0 saturated carbocycles. The fourth-order valence-electron chi connectivity index (χ4n) is 1.48. The largest absolute Gasteiger partial charge is 0.416 e. The molecule has 0 radical (unpaired) electrons. The first-order valence-corrected chi connectivity index (χ1v) is 6.65. The van der Waals surface area contributed by atoms with Crippen molar-refractivity contribution in [3.05, 3.63) is 35.4 Å². The number of unbranched alkanes of at least 4 members (excludes halogenated alkanes) is 2. The molecule has 0 fully saturated rings. The molecule has 4 heteroatoms. The van der Waals surface area contributed by atoms with E-state index in [2.05, 4.69) is 6.92 Å². The predicted octanol–water partition coefficient (Wildman–Crippen LogP) is 5.07. The number of rotatable bonds is 4. The van der Waals surface area contributed by atoms with Gasteiger partial charge in [0.1, 0.15) is 0 Å². The average Bonchev–Trinajstić information content (AvgIpc) is 2.43. The van der Waals surface area contributed by atoms with Gasteiger partial charge in [-0.05, 0) is 24.5 Å². The molecule has 0 atom stereocenters. The van der Waals surface area contributed by atoms with Crippen molar-refractivity contribution in [1.82, 2.24) is 0 Å². The molecule has 0 spiro atoms. The molecular formula is C15H25F3O. The lowest BCUT2D eigenvalue weighted by atomic mass is 10.0. The Bertz CT molecular complexity index is 309. The minimum Gasteiger partial charge on any atom is -0.400 e. The molecule has 0 aliphatic heterocycles. The summed E-state index contributed by atoms with van der Waals surface area (Å²) in [6.07, 6.45) is -0.383. The minimum atomic E-state index is -4.22. The number of aryl methyl sites for hydroxylation is 1. The van der Waals surface area contributed by atoms with Crippen molar-refractivity contribution in [1.29, 1.82) is 0 Å². The Hall–Kier alpha value is -1.03. The number of hydrogen-bond donors (Lipinski definition) is 1. The van der Waals surface area contributed by atoms with Crippen LogP contribution < -0.4 is 0 Å². The molecule has 1 N–H and O–H groups in total. The van der Waals surface area contributed by atoms with E-state index >= 15 is 0 Å². The summed E-state index contributed by atoms with van der Waals surface area (Å²) in [6.45, 7) is 6.08. The summed E-state index contributed by atoms with van der Waals surface area (Å²) in [7, 11) is 1.00. The third-order valence-electron chi connectivity index (χ3n) is 2.32. The third kappa shape index (κ3) is 9.54. The van der Waals surface area contributed by atoms with Crippen LogP contribution >= 0.6 is 0 Å². The molecule has 0 heterocycles. The van der Waals surface area contributed by atoms with Crippen molar-refractivity contribution in [3.63, 3.8) is 0 Å². The molecule has 1 aromatic rings. The van der Waals surface area contributed by atoms with Crippen LogP contribution in [0.25, 0.3) is 0 Å². The third-order valence-corrected chi connectivity index (χ3v) is 2.32. The summed E-state index contributed by atoms with van der Waals surface area (Å²) >= 11 is 0. The molecular weight excluding hydrogens is 253 g/mol. The standard InChI is InChI=1S/C12H15F3.C2H6.CH4O/c1-2-3-4-6-10-7-5-8-11(9-10)12(13,14)15;2*1-2/h5,7-9H,2-4,6H2,1H3;1-2H3;2H,1H3. The zero-order chi connectivity index (χ0) is 15.3. The Morgan fingerprint density at radius 2 is 1.63 bits per heavy atom. The van der Waals surface area contributed by atoms with E-state index in [1.54, 1.807) is 6.07 Å². The van der Waals surface area contributed by atoms with E-state index in [0.717, 1.165) is 44.4 Å². The molecule has 1 nitrogen and oxygen atoms in total. The second-order valence-electron chi connectivity index (χ2n) is 3.66. The summed E-state index contributed by atoms with van der Waals surface area (Å²) in [5.74, 6) is 0. The molecule has 0 aliphatic rings. The number of halogens is 3. The van der Waals surface area contributed by atoms with Crippen LogP contribution in [0.2, 0.25) is 0 Å². The number of aliphatic hydroxyl groups is 1. The van der Waals surface area contributed by atoms with Gasteiger partial charge in [0.2, 0.25) is 0 Å². The van der Waals surface area contributed by atoms with Crippen molar-refractivity contribution in [2.24, 2.45) is 0 Å². The van der Waals surface area contributed by atoms with Crippen LogP contribution in [0.15, 0.2) is 24.3 Å². The van der Waals surface area contributed by atoms with Gasteiger partial charge in [-0.3, -0.25) is 0 Å². The summed E-state index contributed by atoms with van der Waals surface area (Å²) < 4.78 is 37.1. The van der Waals surface area contributed by atoms with Crippen LogP contribution in [0.5, 0.6) is 0 Å². The fraction of sp³-hybridized carbons (Fsp3) is 0.600. The number of aliphatic hydroxyl groups excluding tert-OH is 1. The smallest absolute Gasteiger partial charge is 0.400 e. The van der Waals surface area contributed by atoms with Gasteiger partial charge in [0.15, 0.2) is 0 Å². The SMILES string of the molecule is CC.CCCCCc1cccc(C(F)(F)F)c1.CO. The van der Waals surface area contributed by atoms with Crippen molar-refractivity contribution < 1.29 is 18.3 Å². The monoisotopic (exact) mass is 278 g/mol. The lowest BCUT2D eigenvalue weighted by molar-refractivity contribution is -0.137. The molecule has 0 saturated heterocycles. The molecule has 0 aromatic heterocycles. The van der Waals surface area contributed by atoms with Crippen LogP contribution in [-0.4, -0.2) is 12.2 Å². The van der Waals surface area contributed by atoms with Gasteiger partial charge >= 0.3 is 6.18 Å². The molecule has 0 bridgehead atoms. The van der Waals surface area contributed by atoms with E-state index in [4.69, 9.17) is 5.11 Å². The Morgan fingerprint density at radius 1 is 1.05 bits per heavy atom. The highest BCUT2D eigenvalue weighted by atomic mass is 19.4. The van der Waals surface area contributed by atoms with Crippen molar-refractivity contribution in [3.8, 4) is 0 Å².